The first-order chi connectivity index (χ1) is 24.3. The SMILES string of the molecule is Brc1c2ccccc2c(-c2cccc3ccccc23)c2ccccc12.c1ccc2c(-c3c4ccccc4cc4ccccc34)cccc2c1. The average Bonchev–Trinajstić information content (AvgIpc) is 3.17. The lowest BCUT2D eigenvalue weighted by molar-refractivity contribution is 1.69. The second-order valence-corrected chi connectivity index (χ2v) is 13.3. The van der Waals surface area contributed by atoms with Crippen LogP contribution in [-0.2, 0) is 0 Å². The highest BCUT2D eigenvalue weighted by Gasteiger charge is 2.15. The lowest BCUT2D eigenvalue weighted by Crippen LogP contribution is -1.88. The summed E-state index contributed by atoms with van der Waals surface area (Å²) in [6, 6.07) is 67.4. The lowest BCUT2D eigenvalue weighted by Gasteiger charge is -2.16. The summed E-state index contributed by atoms with van der Waals surface area (Å²) in [4.78, 5) is 0. The summed E-state index contributed by atoms with van der Waals surface area (Å²) in [5, 5.41) is 15.4. The normalized spacial score (nSPS) is 11.4. The van der Waals surface area contributed by atoms with Crippen LogP contribution in [0.1, 0.15) is 0 Å². The Morgan fingerprint density at radius 1 is 0.245 bits per heavy atom. The highest BCUT2D eigenvalue weighted by Crippen LogP contribution is 2.44. The summed E-state index contributed by atoms with van der Waals surface area (Å²) >= 11 is 3.84. The van der Waals surface area contributed by atoms with Gasteiger partial charge in [-0.05, 0) is 109 Å². The maximum atomic E-state index is 3.84. The first kappa shape index (κ1) is 29.4. The van der Waals surface area contributed by atoms with E-state index >= 15 is 0 Å². The molecule has 0 amide bonds. The molecule has 0 saturated carbocycles. The lowest BCUT2D eigenvalue weighted by atomic mass is 9.89. The van der Waals surface area contributed by atoms with Crippen molar-refractivity contribution in [2.24, 2.45) is 0 Å². The third-order valence-electron chi connectivity index (χ3n) is 9.75. The summed E-state index contributed by atoms with van der Waals surface area (Å²) in [5.74, 6) is 0. The smallest absolute Gasteiger partial charge is 0.0332 e. The summed E-state index contributed by atoms with van der Waals surface area (Å²) in [6.45, 7) is 0. The van der Waals surface area contributed by atoms with Crippen LogP contribution in [0.15, 0.2) is 193 Å². The highest BCUT2D eigenvalue weighted by atomic mass is 79.9. The van der Waals surface area contributed by atoms with Crippen molar-refractivity contribution in [3.8, 4) is 22.3 Å². The second-order valence-electron chi connectivity index (χ2n) is 12.5. The maximum absolute atomic E-state index is 3.84. The number of benzene rings is 10. The molecule has 0 radical (unpaired) electrons. The van der Waals surface area contributed by atoms with Gasteiger partial charge in [0.2, 0.25) is 0 Å². The van der Waals surface area contributed by atoms with Gasteiger partial charge in [-0.1, -0.05) is 182 Å². The van der Waals surface area contributed by atoms with Crippen molar-refractivity contribution in [2.75, 3.05) is 0 Å². The van der Waals surface area contributed by atoms with Crippen LogP contribution in [0.4, 0.5) is 0 Å². The van der Waals surface area contributed by atoms with Crippen LogP contribution in [-0.4, -0.2) is 0 Å². The number of hydrogen-bond donors (Lipinski definition) is 0. The van der Waals surface area contributed by atoms with Crippen LogP contribution < -0.4 is 0 Å². The predicted octanol–water partition coefficient (Wildman–Crippen LogP) is 14.4. The molecule has 0 saturated heterocycles. The fourth-order valence-corrected chi connectivity index (χ4v) is 8.25. The Labute approximate surface area is 294 Å². The van der Waals surface area contributed by atoms with Crippen molar-refractivity contribution in [1.82, 2.24) is 0 Å². The zero-order valence-corrected chi connectivity index (χ0v) is 28.4. The van der Waals surface area contributed by atoms with Gasteiger partial charge in [0.05, 0.1) is 0 Å². The Kier molecular flexibility index (Phi) is 7.41. The summed E-state index contributed by atoms with van der Waals surface area (Å²) in [7, 11) is 0. The van der Waals surface area contributed by atoms with Crippen molar-refractivity contribution < 1.29 is 0 Å². The highest BCUT2D eigenvalue weighted by molar-refractivity contribution is 9.10. The van der Waals surface area contributed by atoms with E-state index < -0.39 is 0 Å². The molecule has 0 spiro atoms. The third-order valence-corrected chi connectivity index (χ3v) is 10.6. The van der Waals surface area contributed by atoms with Gasteiger partial charge in [-0.15, -0.1) is 0 Å². The van der Waals surface area contributed by atoms with E-state index in [1.165, 1.54) is 91.4 Å². The Balaban J connectivity index is 0.000000133. The largest absolute Gasteiger partial charge is 0.0616 e. The summed E-state index contributed by atoms with van der Waals surface area (Å²) < 4.78 is 1.17. The molecule has 0 aliphatic carbocycles. The van der Waals surface area contributed by atoms with E-state index in [1.54, 1.807) is 0 Å². The molecule has 0 bridgehead atoms. The van der Waals surface area contributed by atoms with E-state index in [9.17, 15) is 0 Å². The molecule has 0 aliphatic heterocycles. The minimum absolute atomic E-state index is 1.17. The third kappa shape index (κ3) is 5.06. The van der Waals surface area contributed by atoms with E-state index in [4.69, 9.17) is 0 Å². The first-order valence-corrected chi connectivity index (χ1v) is 17.5. The van der Waals surface area contributed by atoms with E-state index in [1.807, 2.05) is 0 Å². The Morgan fingerprint density at radius 2 is 0.551 bits per heavy atom. The predicted molar refractivity (Wildman–Crippen MR) is 216 cm³/mol. The van der Waals surface area contributed by atoms with Crippen LogP contribution in [0, 0.1) is 0 Å². The van der Waals surface area contributed by atoms with E-state index in [2.05, 4.69) is 204 Å². The minimum Gasteiger partial charge on any atom is -0.0616 e. The van der Waals surface area contributed by atoms with Crippen molar-refractivity contribution in [2.45, 2.75) is 0 Å². The van der Waals surface area contributed by atoms with Gasteiger partial charge in [0.1, 0.15) is 0 Å². The van der Waals surface area contributed by atoms with Gasteiger partial charge < -0.3 is 0 Å². The molecule has 10 aromatic carbocycles. The molecule has 230 valence electrons. The standard InChI is InChI=1S/C24H15Br.C24H16/c25-24-21-13-5-3-11-19(21)23(20-12-4-6-14-22(20)24)18-15-7-9-16-8-1-2-10-17(16)18;1-4-12-20-17(8-1)11-7-15-23(20)24-21-13-5-2-9-18(21)16-19-10-3-6-14-22(19)24/h1-15H;1-16H. The van der Waals surface area contributed by atoms with Crippen molar-refractivity contribution >= 4 is 80.6 Å². The van der Waals surface area contributed by atoms with E-state index in [0.29, 0.717) is 0 Å². The molecule has 1 heteroatoms. The summed E-state index contributed by atoms with van der Waals surface area (Å²) in [5.41, 5.74) is 5.24. The molecule has 10 rings (SSSR count). The molecule has 49 heavy (non-hydrogen) atoms. The molecule has 0 aliphatic rings. The number of rotatable bonds is 2. The molecule has 10 aromatic rings. The topological polar surface area (TPSA) is 0 Å². The van der Waals surface area contributed by atoms with E-state index in [-0.39, 0.29) is 0 Å². The second kappa shape index (κ2) is 12.4. The quantitative estimate of drug-likeness (QED) is 0.159. The monoisotopic (exact) mass is 686 g/mol. The molecular weight excluding hydrogens is 656 g/mol. The number of fused-ring (bicyclic) bond motifs is 6. The van der Waals surface area contributed by atoms with Crippen LogP contribution in [0.25, 0.3) is 86.9 Å². The zero-order chi connectivity index (χ0) is 32.7. The van der Waals surface area contributed by atoms with Gasteiger partial charge in [0.25, 0.3) is 0 Å². The Hall–Kier alpha value is -5.76. The van der Waals surface area contributed by atoms with E-state index in [0.717, 1.165) is 0 Å². The maximum Gasteiger partial charge on any atom is 0.0332 e. The van der Waals surface area contributed by atoms with Gasteiger partial charge in [-0.2, -0.15) is 0 Å². The van der Waals surface area contributed by atoms with Gasteiger partial charge in [0.15, 0.2) is 0 Å². The fraction of sp³-hybridized carbons (Fsp3) is 0. The van der Waals surface area contributed by atoms with Crippen molar-refractivity contribution in [1.29, 1.82) is 0 Å². The molecule has 0 nitrogen and oxygen atoms in total. The molecule has 0 N–H and O–H groups in total. The number of hydrogen-bond acceptors (Lipinski definition) is 0. The van der Waals surface area contributed by atoms with Gasteiger partial charge in [0, 0.05) is 4.47 Å². The van der Waals surface area contributed by atoms with Gasteiger partial charge >= 0.3 is 0 Å². The first-order valence-electron chi connectivity index (χ1n) is 16.7. The van der Waals surface area contributed by atoms with Crippen LogP contribution in [0.2, 0.25) is 0 Å². The zero-order valence-electron chi connectivity index (χ0n) is 26.8. The van der Waals surface area contributed by atoms with Gasteiger partial charge in [-0.3, -0.25) is 0 Å². The molecule has 0 heterocycles. The van der Waals surface area contributed by atoms with Crippen LogP contribution in [0.3, 0.4) is 0 Å². The molecule has 0 unspecified atom stereocenters. The van der Waals surface area contributed by atoms with Crippen LogP contribution in [0.5, 0.6) is 0 Å². The summed E-state index contributed by atoms with van der Waals surface area (Å²) in [6.07, 6.45) is 0. The fourth-order valence-electron chi connectivity index (χ4n) is 7.56. The Morgan fingerprint density at radius 3 is 1.00 bits per heavy atom. The molecular formula is C48H31Br. The Bertz CT molecular complexity index is 2720. The average molecular weight is 688 g/mol. The molecule has 0 atom stereocenters. The molecule has 0 fully saturated rings. The van der Waals surface area contributed by atoms with Crippen LogP contribution >= 0.6 is 15.9 Å². The van der Waals surface area contributed by atoms with Gasteiger partial charge in [-0.25, -0.2) is 0 Å². The number of halogens is 1. The molecule has 0 aromatic heterocycles. The minimum atomic E-state index is 1.17. The van der Waals surface area contributed by atoms with Crippen molar-refractivity contribution in [3.63, 3.8) is 0 Å². The van der Waals surface area contributed by atoms with Crippen molar-refractivity contribution in [3.05, 3.63) is 193 Å².